The second-order valence-corrected chi connectivity index (χ2v) is 6.45. The van der Waals surface area contributed by atoms with Crippen LogP contribution in [0.4, 0.5) is 0 Å². The lowest BCUT2D eigenvalue weighted by Crippen LogP contribution is -2.33. The maximum Gasteiger partial charge on any atom is 0.331 e. The summed E-state index contributed by atoms with van der Waals surface area (Å²) >= 11 is 1.17. The summed E-state index contributed by atoms with van der Waals surface area (Å²) < 4.78 is 10.1. The van der Waals surface area contributed by atoms with E-state index in [2.05, 4.69) is 17.1 Å². The first-order valence-corrected chi connectivity index (χ1v) is 9.14. The van der Waals surface area contributed by atoms with Gasteiger partial charge in [-0.15, -0.1) is 0 Å². The normalized spacial score (nSPS) is 17.3. The number of nitrogens with zero attached hydrogens (tertiary/aromatic N) is 1. The molecular formula is C18H23NO4S. The van der Waals surface area contributed by atoms with Crippen molar-refractivity contribution in [2.45, 2.75) is 37.9 Å². The molecule has 0 amide bonds. The Hall–Kier alpha value is -1.82. The van der Waals surface area contributed by atoms with Crippen molar-refractivity contribution in [3.8, 4) is 0 Å². The van der Waals surface area contributed by atoms with Crippen LogP contribution in [-0.2, 0) is 19.1 Å². The van der Waals surface area contributed by atoms with Gasteiger partial charge in [-0.25, -0.2) is 0 Å². The first kappa shape index (κ1) is 18.5. The van der Waals surface area contributed by atoms with Crippen LogP contribution in [0.1, 0.15) is 38.2 Å². The highest BCUT2D eigenvalue weighted by molar-refractivity contribution is 8.15. The van der Waals surface area contributed by atoms with Crippen LogP contribution < -0.4 is 0 Å². The smallest absolute Gasteiger partial charge is 0.331 e. The molecule has 130 valence electrons. The minimum Gasteiger partial charge on any atom is -0.465 e. The lowest BCUT2D eigenvalue weighted by molar-refractivity contribution is -0.152. The molecule has 2 rings (SSSR count). The van der Waals surface area contributed by atoms with Crippen molar-refractivity contribution < 1.29 is 19.1 Å². The Balaban J connectivity index is 2.20. The molecular weight excluding hydrogens is 326 g/mol. The largest absolute Gasteiger partial charge is 0.465 e. The van der Waals surface area contributed by atoms with E-state index in [4.69, 9.17) is 9.47 Å². The number of hydrogen-bond donors (Lipinski definition) is 0. The van der Waals surface area contributed by atoms with Gasteiger partial charge in [-0.2, -0.15) is 0 Å². The van der Waals surface area contributed by atoms with Gasteiger partial charge in [-0.05, 0) is 32.3 Å². The van der Waals surface area contributed by atoms with Crippen LogP contribution in [0.15, 0.2) is 35.3 Å². The number of aliphatic imine (C=N–C) groups is 1. The van der Waals surface area contributed by atoms with Crippen LogP contribution in [0.5, 0.6) is 0 Å². The predicted octanol–water partition coefficient (Wildman–Crippen LogP) is 3.19. The van der Waals surface area contributed by atoms with Crippen molar-refractivity contribution >= 4 is 28.7 Å². The van der Waals surface area contributed by atoms with Crippen molar-refractivity contribution in [1.29, 1.82) is 0 Å². The maximum atomic E-state index is 12.2. The Kier molecular flexibility index (Phi) is 7.31. The lowest BCUT2D eigenvalue weighted by Gasteiger charge is -2.25. The van der Waals surface area contributed by atoms with Gasteiger partial charge in [-0.3, -0.25) is 14.6 Å². The van der Waals surface area contributed by atoms with Gasteiger partial charge in [0.05, 0.1) is 18.3 Å². The second-order valence-electron chi connectivity index (χ2n) is 5.33. The van der Waals surface area contributed by atoms with Crippen LogP contribution in [0, 0.1) is 0 Å². The number of thioether (sulfide) groups is 1. The molecule has 0 aliphatic carbocycles. The molecule has 0 aromatic heterocycles. The molecule has 1 aromatic rings. The van der Waals surface area contributed by atoms with Gasteiger partial charge in [0.2, 0.25) is 5.25 Å². The summed E-state index contributed by atoms with van der Waals surface area (Å²) in [5.74, 6) is -1.03. The molecule has 0 N–H and O–H groups in total. The van der Waals surface area contributed by atoms with Crippen molar-refractivity contribution in [2.24, 2.45) is 4.99 Å². The lowest BCUT2D eigenvalue weighted by atomic mass is 9.93. The van der Waals surface area contributed by atoms with E-state index in [0.29, 0.717) is 6.54 Å². The number of esters is 2. The van der Waals surface area contributed by atoms with Crippen molar-refractivity contribution in [3.05, 3.63) is 35.9 Å². The fourth-order valence-corrected chi connectivity index (χ4v) is 3.74. The Labute approximate surface area is 146 Å². The van der Waals surface area contributed by atoms with Crippen molar-refractivity contribution in [1.82, 2.24) is 0 Å². The SMILES string of the molecule is CCOC(=O)C(SC1=NCCCC1c1ccccc1)C(=O)OCC. The summed E-state index contributed by atoms with van der Waals surface area (Å²) in [6.07, 6.45) is 1.95. The Bertz CT molecular complexity index is 570. The molecule has 1 aliphatic rings. The summed E-state index contributed by atoms with van der Waals surface area (Å²) in [6.45, 7) is 4.60. The summed E-state index contributed by atoms with van der Waals surface area (Å²) in [6, 6.07) is 10.0. The van der Waals surface area contributed by atoms with Crippen LogP contribution in [-0.4, -0.2) is 42.0 Å². The van der Waals surface area contributed by atoms with E-state index in [1.54, 1.807) is 13.8 Å². The van der Waals surface area contributed by atoms with Gasteiger partial charge in [0, 0.05) is 12.5 Å². The summed E-state index contributed by atoms with van der Waals surface area (Å²) in [5.41, 5.74) is 1.15. The third-order valence-electron chi connectivity index (χ3n) is 3.66. The average Bonchev–Trinajstić information content (AvgIpc) is 2.61. The Morgan fingerprint density at radius 1 is 1.17 bits per heavy atom. The van der Waals surface area contributed by atoms with Crippen LogP contribution >= 0.6 is 11.8 Å². The molecule has 0 spiro atoms. The number of rotatable bonds is 6. The number of carbonyl (C=O) groups excluding carboxylic acids is 2. The van der Waals surface area contributed by atoms with Gasteiger partial charge >= 0.3 is 11.9 Å². The van der Waals surface area contributed by atoms with E-state index in [1.165, 1.54) is 11.8 Å². The zero-order valence-electron chi connectivity index (χ0n) is 14.1. The molecule has 0 bridgehead atoms. The fourth-order valence-electron chi connectivity index (χ4n) is 2.58. The average molecular weight is 349 g/mol. The summed E-state index contributed by atoms with van der Waals surface area (Å²) in [5, 5.41) is -0.216. The molecule has 24 heavy (non-hydrogen) atoms. The molecule has 6 heteroatoms. The van der Waals surface area contributed by atoms with Gasteiger partial charge < -0.3 is 9.47 Å². The second kappa shape index (κ2) is 9.47. The van der Waals surface area contributed by atoms with E-state index < -0.39 is 17.2 Å². The van der Waals surface area contributed by atoms with Gasteiger partial charge in [-0.1, -0.05) is 42.1 Å². The highest BCUT2D eigenvalue weighted by atomic mass is 32.2. The van der Waals surface area contributed by atoms with Gasteiger partial charge in [0.15, 0.2) is 0 Å². The number of ether oxygens (including phenoxy) is 2. The molecule has 0 fully saturated rings. The Morgan fingerprint density at radius 2 is 1.79 bits per heavy atom. The molecule has 1 aromatic carbocycles. The minimum absolute atomic E-state index is 0.108. The molecule has 0 saturated heterocycles. The highest BCUT2D eigenvalue weighted by Gasteiger charge is 2.35. The fraction of sp³-hybridized carbons (Fsp3) is 0.500. The van der Waals surface area contributed by atoms with E-state index >= 15 is 0 Å². The topological polar surface area (TPSA) is 65.0 Å². The first-order valence-electron chi connectivity index (χ1n) is 8.26. The number of carbonyl (C=O) groups is 2. The van der Waals surface area contributed by atoms with Crippen molar-refractivity contribution in [3.63, 3.8) is 0 Å². The quantitative estimate of drug-likeness (QED) is 0.583. The maximum absolute atomic E-state index is 12.2. The molecule has 1 unspecified atom stereocenters. The van der Waals surface area contributed by atoms with Crippen molar-refractivity contribution in [2.75, 3.05) is 19.8 Å². The van der Waals surface area contributed by atoms with E-state index in [-0.39, 0.29) is 19.1 Å². The third-order valence-corrected chi connectivity index (χ3v) is 4.93. The van der Waals surface area contributed by atoms with E-state index in [9.17, 15) is 9.59 Å². The van der Waals surface area contributed by atoms with Crippen LogP contribution in [0.3, 0.4) is 0 Å². The number of hydrogen-bond acceptors (Lipinski definition) is 6. The monoisotopic (exact) mass is 349 g/mol. The molecule has 5 nitrogen and oxygen atoms in total. The van der Waals surface area contributed by atoms with Gasteiger partial charge in [0.1, 0.15) is 0 Å². The molecule has 0 radical (unpaired) electrons. The molecule has 1 aliphatic heterocycles. The van der Waals surface area contributed by atoms with E-state index in [1.807, 2.05) is 18.2 Å². The van der Waals surface area contributed by atoms with Crippen LogP contribution in [0.25, 0.3) is 0 Å². The number of benzene rings is 1. The molecule has 0 saturated carbocycles. The Morgan fingerprint density at radius 3 is 2.38 bits per heavy atom. The first-order chi connectivity index (χ1) is 11.7. The zero-order chi connectivity index (χ0) is 17.4. The zero-order valence-corrected chi connectivity index (χ0v) is 14.9. The van der Waals surface area contributed by atoms with Gasteiger partial charge in [0.25, 0.3) is 0 Å². The standard InChI is InChI=1S/C18H23NO4S/c1-3-22-17(20)15(18(21)23-4-2)24-16-14(11-8-12-19-16)13-9-6-5-7-10-13/h5-7,9-10,14-15H,3-4,8,11-12H2,1-2H3. The minimum atomic E-state index is -1.02. The third kappa shape index (κ3) is 4.84. The molecule has 1 atom stereocenters. The van der Waals surface area contributed by atoms with E-state index in [0.717, 1.165) is 23.4 Å². The summed E-state index contributed by atoms with van der Waals surface area (Å²) in [4.78, 5) is 28.9. The van der Waals surface area contributed by atoms with Crippen LogP contribution in [0.2, 0.25) is 0 Å². The predicted molar refractivity (Wildman–Crippen MR) is 95.4 cm³/mol. The highest BCUT2D eigenvalue weighted by Crippen LogP contribution is 2.34. The summed E-state index contributed by atoms with van der Waals surface area (Å²) in [7, 11) is 0. The molecule has 1 heterocycles.